The number of aryl methyl sites for hydroxylation is 1. The molecule has 1 aromatic heterocycles. The Labute approximate surface area is 187 Å². The number of ether oxygens (including phenoxy) is 1. The lowest BCUT2D eigenvalue weighted by molar-refractivity contribution is -0.588. The molecule has 156 valence electrons. The Hall–Kier alpha value is -3.98. The van der Waals surface area contributed by atoms with E-state index < -0.39 is 0 Å². The van der Waals surface area contributed by atoms with Crippen LogP contribution in [0.1, 0.15) is 5.69 Å². The molecule has 0 fully saturated rings. The number of fused-ring (bicyclic) bond motifs is 1. The molecule has 0 atom stereocenters. The van der Waals surface area contributed by atoms with Gasteiger partial charge < -0.3 is 4.74 Å². The third-order valence-electron chi connectivity index (χ3n) is 5.89. The van der Waals surface area contributed by atoms with E-state index in [0.29, 0.717) is 5.39 Å². The van der Waals surface area contributed by atoms with Crippen molar-refractivity contribution in [3.8, 4) is 33.8 Å². The van der Waals surface area contributed by atoms with E-state index >= 15 is 4.39 Å². The van der Waals surface area contributed by atoms with Crippen LogP contribution in [0.25, 0.3) is 38.8 Å². The third kappa shape index (κ3) is 3.32. The molecule has 0 bridgehead atoms. The Balaban J connectivity index is 2.00. The van der Waals surface area contributed by atoms with Gasteiger partial charge in [0.25, 0.3) is 0 Å². The lowest BCUT2D eigenvalue weighted by Crippen LogP contribution is -2.38. The molecule has 3 heteroatoms. The number of hydrogen-bond acceptors (Lipinski definition) is 1. The van der Waals surface area contributed by atoms with E-state index in [0.717, 1.165) is 44.9 Å². The molecule has 2 nitrogen and oxygen atoms in total. The summed E-state index contributed by atoms with van der Waals surface area (Å²) < 4.78 is 23.0. The summed E-state index contributed by atoms with van der Waals surface area (Å²) in [6.07, 6.45) is 0. The Bertz CT molecular complexity index is 1400. The summed E-state index contributed by atoms with van der Waals surface area (Å²) in [7, 11) is 1.66. The molecule has 0 aliphatic heterocycles. The highest BCUT2D eigenvalue weighted by atomic mass is 19.1. The average molecular weight is 421 g/mol. The first kappa shape index (κ1) is 20.0. The van der Waals surface area contributed by atoms with Crippen LogP contribution in [0.15, 0.2) is 103 Å². The third-order valence-corrected chi connectivity index (χ3v) is 5.89. The normalized spacial score (nSPS) is 11.0. The van der Waals surface area contributed by atoms with Crippen molar-refractivity contribution in [3.63, 3.8) is 0 Å². The second kappa shape index (κ2) is 8.27. The van der Waals surface area contributed by atoms with Crippen molar-refractivity contribution in [2.45, 2.75) is 6.92 Å². The molecule has 0 N–H and O–H groups in total. The van der Waals surface area contributed by atoms with Gasteiger partial charge in [0.05, 0.1) is 18.1 Å². The second-order valence-corrected chi connectivity index (χ2v) is 7.74. The van der Waals surface area contributed by atoms with E-state index in [4.69, 9.17) is 4.74 Å². The molecule has 0 aliphatic carbocycles. The van der Waals surface area contributed by atoms with Gasteiger partial charge in [-0.25, -0.2) is 4.39 Å². The fourth-order valence-electron chi connectivity index (χ4n) is 4.41. The van der Waals surface area contributed by atoms with Crippen LogP contribution in [-0.4, -0.2) is 7.11 Å². The van der Waals surface area contributed by atoms with Gasteiger partial charge in [0, 0.05) is 30.0 Å². The summed E-state index contributed by atoms with van der Waals surface area (Å²) in [5.74, 6) is 0.576. The standard InChI is InChI=1S/C29H23FNO/c1-20-25-14-9-15-26(30)28(25)27(21-10-5-3-6-11-21)29(22-12-7-4-8-13-22)31(20)23-16-18-24(32-2)19-17-23/h3-19H,1-2H3/q+1. The maximum absolute atomic E-state index is 15.4. The van der Waals surface area contributed by atoms with Crippen molar-refractivity contribution in [1.29, 1.82) is 0 Å². The number of aromatic nitrogens is 1. The predicted octanol–water partition coefficient (Wildman–Crippen LogP) is 6.91. The van der Waals surface area contributed by atoms with Crippen molar-refractivity contribution in [1.82, 2.24) is 0 Å². The Morgan fingerprint density at radius 1 is 0.688 bits per heavy atom. The number of benzene rings is 4. The van der Waals surface area contributed by atoms with E-state index in [9.17, 15) is 0 Å². The fourth-order valence-corrected chi connectivity index (χ4v) is 4.41. The molecule has 0 saturated heterocycles. The predicted molar refractivity (Wildman–Crippen MR) is 128 cm³/mol. The minimum atomic E-state index is -0.219. The van der Waals surface area contributed by atoms with Crippen LogP contribution in [0.5, 0.6) is 5.75 Å². The molecule has 32 heavy (non-hydrogen) atoms. The first-order valence-corrected chi connectivity index (χ1v) is 10.6. The van der Waals surface area contributed by atoms with Crippen LogP contribution in [0.2, 0.25) is 0 Å². The maximum Gasteiger partial charge on any atom is 0.227 e. The average Bonchev–Trinajstić information content (AvgIpc) is 2.85. The number of methoxy groups -OCH3 is 1. The molecule has 0 unspecified atom stereocenters. The van der Waals surface area contributed by atoms with Crippen molar-refractivity contribution in [2.75, 3.05) is 7.11 Å². The minimum absolute atomic E-state index is 0.219. The molecule has 5 aromatic rings. The van der Waals surface area contributed by atoms with Crippen LogP contribution in [0, 0.1) is 12.7 Å². The van der Waals surface area contributed by atoms with E-state index in [1.54, 1.807) is 19.2 Å². The molecule has 1 heterocycles. The molecule has 0 saturated carbocycles. The van der Waals surface area contributed by atoms with E-state index in [1.807, 2.05) is 85.8 Å². The zero-order valence-corrected chi connectivity index (χ0v) is 18.0. The second-order valence-electron chi connectivity index (χ2n) is 7.74. The topological polar surface area (TPSA) is 13.1 Å². The molecule has 4 aromatic carbocycles. The maximum atomic E-state index is 15.4. The van der Waals surface area contributed by atoms with Gasteiger partial charge in [0.1, 0.15) is 11.6 Å². The van der Waals surface area contributed by atoms with Crippen LogP contribution in [0.4, 0.5) is 4.39 Å². The van der Waals surface area contributed by atoms with Gasteiger partial charge in [0.2, 0.25) is 11.4 Å². The van der Waals surface area contributed by atoms with E-state index in [2.05, 4.69) is 16.7 Å². The molecule has 0 radical (unpaired) electrons. The Morgan fingerprint density at radius 2 is 1.31 bits per heavy atom. The largest absolute Gasteiger partial charge is 0.497 e. The summed E-state index contributed by atoms with van der Waals surface area (Å²) in [5.41, 5.74) is 5.80. The number of pyridine rings is 1. The molecular formula is C29H23FNO+. The van der Waals surface area contributed by atoms with Gasteiger partial charge in [-0.1, -0.05) is 54.6 Å². The zero-order chi connectivity index (χ0) is 22.1. The molecule has 0 amide bonds. The van der Waals surface area contributed by atoms with Crippen LogP contribution < -0.4 is 9.30 Å². The van der Waals surface area contributed by atoms with Gasteiger partial charge in [0.15, 0.2) is 5.69 Å². The highest BCUT2D eigenvalue weighted by Gasteiger charge is 2.29. The van der Waals surface area contributed by atoms with Crippen molar-refractivity contribution in [2.24, 2.45) is 0 Å². The number of rotatable bonds is 4. The summed E-state index contributed by atoms with van der Waals surface area (Å²) in [4.78, 5) is 0. The van der Waals surface area contributed by atoms with Gasteiger partial charge in [-0.15, -0.1) is 0 Å². The minimum Gasteiger partial charge on any atom is -0.497 e. The summed E-state index contributed by atoms with van der Waals surface area (Å²) in [5, 5.41) is 1.53. The number of halogens is 1. The van der Waals surface area contributed by atoms with Crippen molar-refractivity contribution < 1.29 is 13.7 Å². The van der Waals surface area contributed by atoms with Crippen molar-refractivity contribution >= 4 is 10.8 Å². The SMILES string of the molecule is COc1ccc(-[n+]2c(-c3ccccc3)c(-c3ccccc3)c3c(F)cccc3c2C)cc1. The van der Waals surface area contributed by atoms with Crippen LogP contribution in [-0.2, 0) is 0 Å². The summed E-state index contributed by atoms with van der Waals surface area (Å²) in [6, 6.07) is 33.5. The van der Waals surface area contributed by atoms with Crippen LogP contribution >= 0.6 is 0 Å². The first-order chi connectivity index (χ1) is 15.7. The first-order valence-electron chi connectivity index (χ1n) is 10.6. The van der Waals surface area contributed by atoms with Crippen molar-refractivity contribution in [3.05, 3.63) is 115 Å². The monoisotopic (exact) mass is 420 g/mol. The Morgan fingerprint density at radius 3 is 1.94 bits per heavy atom. The molecule has 0 spiro atoms. The highest BCUT2D eigenvalue weighted by molar-refractivity contribution is 6.02. The van der Waals surface area contributed by atoms with E-state index in [-0.39, 0.29) is 5.82 Å². The summed E-state index contributed by atoms with van der Waals surface area (Å²) in [6.45, 7) is 2.05. The molecule has 0 aliphatic rings. The number of hydrogen-bond donors (Lipinski definition) is 0. The smallest absolute Gasteiger partial charge is 0.227 e. The zero-order valence-electron chi connectivity index (χ0n) is 18.0. The quantitative estimate of drug-likeness (QED) is 0.288. The highest BCUT2D eigenvalue weighted by Crippen LogP contribution is 2.39. The van der Waals surface area contributed by atoms with E-state index in [1.165, 1.54) is 0 Å². The fraction of sp³-hybridized carbons (Fsp3) is 0.0690. The van der Waals surface area contributed by atoms with Gasteiger partial charge in [-0.2, -0.15) is 4.57 Å². The summed E-state index contributed by atoms with van der Waals surface area (Å²) >= 11 is 0. The Kier molecular flexibility index (Phi) is 5.16. The lowest BCUT2D eigenvalue weighted by atomic mass is 9.91. The van der Waals surface area contributed by atoms with Gasteiger partial charge >= 0.3 is 0 Å². The molecule has 5 rings (SSSR count). The van der Waals surface area contributed by atoms with Crippen LogP contribution in [0.3, 0.4) is 0 Å². The van der Waals surface area contributed by atoms with Gasteiger partial charge in [-0.05, 0) is 42.0 Å². The number of nitrogens with zero attached hydrogens (tertiary/aromatic N) is 1. The van der Waals surface area contributed by atoms with Gasteiger partial charge in [-0.3, -0.25) is 0 Å². The molecular weight excluding hydrogens is 397 g/mol. The lowest BCUT2D eigenvalue weighted by Gasteiger charge is -2.16.